The molecule has 3 atom stereocenters. The lowest BCUT2D eigenvalue weighted by atomic mass is 9.67. The van der Waals surface area contributed by atoms with Gasteiger partial charge in [-0.1, -0.05) is 51.7 Å². The van der Waals surface area contributed by atoms with E-state index in [0.29, 0.717) is 19.3 Å². The summed E-state index contributed by atoms with van der Waals surface area (Å²) in [5.41, 5.74) is -3.27. The first-order chi connectivity index (χ1) is 12.7. The molecule has 0 aromatic heterocycles. The van der Waals surface area contributed by atoms with Crippen molar-refractivity contribution in [1.29, 1.82) is 0 Å². The van der Waals surface area contributed by atoms with E-state index in [1.54, 1.807) is 6.08 Å². The van der Waals surface area contributed by atoms with Gasteiger partial charge in [-0.15, -0.1) is 0 Å². The molecule has 0 aromatic rings. The molecule has 27 heavy (non-hydrogen) atoms. The number of hydrogen-bond acceptors (Lipinski definition) is 3. The molecule has 0 saturated heterocycles. The average molecular weight is 385 g/mol. The number of hydrogen-bond donors (Lipinski definition) is 3. The van der Waals surface area contributed by atoms with Gasteiger partial charge in [0.1, 0.15) is 11.4 Å². The number of rotatable bonds is 12. The quantitative estimate of drug-likeness (QED) is 0.297. The Labute approximate surface area is 163 Å². The van der Waals surface area contributed by atoms with Crippen molar-refractivity contribution in [3.8, 4) is 0 Å². The number of aliphatic hydroxyl groups excluding tert-OH is 2. The van der Waals surface area contributed by atoms with E-state index in [4.69, 9.17) is 0 Å². The van der Waals surface area contributed by atoms with Gasteiger partial charge in [0.05, 0.1) is 6.10 Å². The molecule has 0 aliphatic heterocycles. The number of unbranched alkanes of at least 4 members (excludes halogenated alkanes) is 1. The first-order valence-corrected chi connectivity index (χ1v) is 10.4. The smallest absolute Gasteiger partial charge is 0.320 e. The third-order valence-corrected chi connectivity index (χ3v) is 5.84. The van der Waals surface area contributed by atoms with Crippen LogP contribution < -0.4 is 0 Å². The molecule has 156 valence electrons. The van der Waals surface area contributed by atoms with E-state index < -0.39 is 23.2 Å². The molecule has 0 aromatic carbocycles. The van der Waals surface area contributed by atoms with Crippen LogP contribution in [0.4, 0.5) is 4.39 Å². The Morgan fingerprint density at radius 1 is 1.22 bits per heavy atom. The summed E-state index contributed by atoms with van der Waals surface area (Å²) in [6.07, 6.45) is 9.56. The molecule has 0 heterocycles. The zero-order chi connectivity index (χ0) is 20.5. The first-order valence-electron chi connectivity index (χ1n) is 10.4. The van der Waals surface area contributed by atoms with Crippen molar-refractivity contribution >= 4 is 5.97 Å². The van der Waals surface area contributed by atoms with Crippen molar-refractivity contribution in [2.75, 3.05) is 0 Å². The highest BCUT2D eigenvalue weighted by Gasteiger charge is 2.55. The van der Waals surface area contributed by atoms with Crippen molar-refractivity contribution < 1.29 is 24.5 Å². The fourth-order valence-corrected chi connectivity index (χ4v) is 4.16. The van der Waals surface area contributed by atoms with Crippen molar-refractivity contribution in [3.63, 3.8) is 0 Å². The number of aliphatic carboxylic acids is 1. The summed E-state index contributed by atoms with van der Waals surface area (Å²) in [7, 11) is 0. The lowest BCUT2D eigenvalue weighted by Crippen LogP contribution is -2.49. The topological polar surface area (TPSA) is 77.8 Å². The maximum absolute atomic E-state index is 14.7. The minimum Gasteiger partial charge on any atom is -0.511 e. The molecule has 3 N–H and O–H groups in total. The molecule has 1 rings (SSSR count). The summed E-state index contributed by atoms with van der Waals surface area (Å²) >= 11 is 0. The molecule has 1 aliphatic carbocycles. The molecular weight excluding hydrogens is 347 g/mol. The fraction of sp³-hybridized carbons (Fsp3) is 0.773. The normalized spacial score (nSPS) is 21.9. The molecule has 1 saturated carbocycles. The minimum atomic E-state index is -1.77. The van der Waals surface area contributed by atoms with Crippen LogP contribution in [0.15, 0.2) is 24.0 Å². The molecule has 0 spiro atoms. The van der Waals surface area contributed by atoms with Crippen LogP contribution in [0.2, 0.25) is 0 Å². The number of carboxylic acids is 1. The zero-order valence-corrected chi connectivity index (χ0v) is 17.1. The van der Waals surface area contributed by atoms with E-state index in [9.17, 15) is 24.5 Å². The standard InChI is InChI=1S/C22H37FO4/c1-4-6-8-13-18(24)22(20(26)27,17-11-9-10-12-17)19(25)14-16-21(3,23)15-7-5-2/h6,8,14,17-18,24-25H,4-5,7,9-13,15-16H2,1-3H3,(H,26,27)/b8-6-,19-14+/t18-,21?,22-/m1/s1. The minimum absolute atomic E-state index is 0.0574. The summed E-state index contributed by atoms with van der Waals surface area (Å²) < 4.78 is 14.7. The van der Waals surface area contributed by atoms with Gasteiger partial charge in [0.2, 0.25) is 0 Å². The molecule has 1 unspecified atom stereocenters. The number of carboxylic acid groups (broad SMARTS) is 1. The Kier molecular flexibility index (Phi) is 9.51. The van der Waals surface area contributed by atoms with E-state index >= 15 is 0 Å². The molecule has 0 bridgehead atoms. The molecule has 1 fully saturated rings. The van der Waals surface area contributed by atoms with Gasteiger partial charge < -0.3 is 15.3 Å². The van der Waals surface area contributed by atoms with Crippen molar-refractivity contribution in [1.82, 2.24) is 0 Å². The fourth-order valence-electron chi connectivity index (χ4n) is 4.16. The van der Waals surface area contributed by atoms with Crippen molar-refractivity contribution in [2.45, 2.75) is 96.8 Å². The highest BCUT2D eigenvalue weighted by Crippen LogP contribution is 2.48. The van der Waals surface area contributed by atoms with Gasteiger partial charge in [-0.2, -0.15) is 0 Å². The summed E-state index contributed by atoms with van der Waals surface area (Å²) in [6, 6.07) is 0. The zero-order valence-electron chi connectivity index (χ0n) is 17.1. The maximum atomic E-state index is 14.7. The molecule has 1 aliphatic rings. The van der Waals surface area contributed by atoms with Crippen molar-refractivity contribution in [3.05, 3.63) is 24.0 Å². The Morgan fingerprint density at radius 3 is 2.37 bits per heavy atom. The van der Waals surface area contributed by atoms with E-state index in [2.05, 4.69) is 0 Å². The Bertz CT molecular complexity index is 520. The molecule has 0 radical (unpaired) electrons. The highest BCUT2D eigenvalue weighted by molar-refractivity contribution is 5.79. The average Bonchev–Trinajstić information content (AvgIpc) is 3.13. The molecule has 5 heteroatoms. The van der Waals surface area contributed by atoms with Gasteiger partial charge in [-0.3, -0.25) is 4.79 Å². The predicted octanol–water partition coefficient (Wildman–Crippen LogP) is 5.72. The molecule has 0 amide bonds. The maximum Gasteiger partial charge on any atom is 0.320 e. The van der Waals surface area contributed by atoms with E-state index in [1.807, 2.05) is 19.9 Å². The van der Waals surface area contributed by atoms with Gasteiger partial charge in [0.25, 0.3) is 0 Å². The van der Waals surface area contributed by atoms with Gasteiger partial charge >= 0.3 is 5.97 Å². The van der Waals surface area contributed by atoms with E-state index in [-0.39, 0.29) is 24.5 Å². The van der Waals surface area contributed by atoms with E-state index in [0.717, 1.165) is 32.1 Å². The van der Waals surface area contributed by atoms with Crippen LogP contribution in [-0.2, 0) is 4.79 Å². The van der Waals surface area contributed by atoms with Crippen LogP contribution in [0, 0.1) is 11.3 Å². The van der Waals surface area contributed by atoms with Crippen LogP contribution in [0.1, 0.15) is 85.0 Å². The lowest BCUT2D eigenvalue weighted by molar-refractivity contribution is -0.161. The second-order valence-electron chi connectivity index (χ2n) is 8.10. The van der Waals surface area contributed by atoms with Gasteiger partial charge in [0, 0.05) is 6.42 Å². The largest absolute Gasteiger partial charge is 0.511 e. The van der Waals surface area contributed by atoms with Crippen LogP contribution in [0.25, 0.3) is 0 Å². The summed E-state index contributed by atoms with van der Waals surface area (Å²) in [5, 5.41) is 31.7. The van der Waals surface area contributed by atoms with Gasteiger partial charge in [-0.25, -0.2) is 4.39 Å². The number of allylic oxidation sites excluding steroid dienone is 2. The summed E-state index contributed by atoms with van der Waals surface area (Å²) in [5.74, 6) is -1.97. The molecular formula is C22H37FO4. The number of alkyl halides is 1. The van der Waals surface area contributed by atoms with Crippen molar-refractivity contribution in [2.24, 2.45) is 11.3 Å². The predicted molar refractivity (Wildman–Crippen MR) is 106 cm³/mol. The SMILES string of the molecule is CC/C=C\C[C@@H](O)[C@@](C(=O)O)(/C(O)=C\CC(C)(F)CCCC)C1CCCC1. The van der Waals surface area contributed by atoms with Crippen LogP contribution in [0.3, 0.4) is 0 Å². The highest BCUT2D eigenvalue weighted by atomic mass is 19.1. The Morgan fingerprint density at radius 2 is 1.85 bits per heavy atom. The number of halogens is 1. The Balaban J connectivity index is 3.19. The second kappa shape index (κ2) is 10.8. The van der Waals surface area contributed by atoms with Crippen LogP contribution in [-0.4, -0.2) is 33.1 Å². The Hall–Kier alpha value is -1.36. The third kappa shape index (κ3) is 6.06. The monoisotopic (exact) mass is 384 g/mol. The molecule has 4 nitrogen and oxygen atoms in total. The first kappa shape index (κ1) is 23.7. The summed E-state index contributed by atoms with van der Waals surface area (Å²) in [6.45, 7) is 5.42. The van der Waals surface area contributed by atoms with E-state index in [1.165, 1.54) is 13.0 Å². The van der Waals surface area contributed by atoms with Crippen LogP contribution >= 0.6 is 0 Å². The number of aliphatic hydroxyl groups is 2. The second-order valence-corrected chi connectivity index (χ2v) is 8.10. The number of carbonyl (C=O) groups is 1. The lowest BCUT2D eigenvalue weighted by Gasteiger charge is -2.38. The van der Waals surface area contributed by atoms with Gasteiger partial charge in [0.15, 0.2) is 5.41 Å². The third-order valence-electron chi connectivity index (χ3n) is 5.84. The van der Waals surface area contributed by atoms with Gasteiger partial charge in [-0.05, 0) is 51.0 Å². The summed E-state index contributed by atoms with van der Waals surface area (Å²) in [4.78, 5) is 12.3. The van der Waals surface area contributed by atoms with Crippen LogP contribution in [0.5, 0.6) is 0 Å².